The highest BCUT2D eigenvalue weighted by atomic mass is 32.2. The van der Waals surface area contributed by atoms with Gasteiger partial charge in [-0.2, -0.15) is 0 Å². The number of hydrogen-bond donors (Lipinski definition) is 2. The van der Waals surface area contributed by atoms with Gasteiger partial charge in [0.15, 0.2) is 4.90 Å². The number of nitrogens with one attached hydrogen (secondary N) is 1. The van der Waals surface area contributed by atoms with Crippen LogP contribution in [0.2, 0.25) is 0 Å². The maximum atomic E-state index is 12.3. The van der Waals surface area contributed by atoms with Gasteiger partial charge in [-0.15, -0.1) is 0 Å². The summed E-state index contributed by atoms with van der Waals surface area (Å²) in [4.78, 5) is 38.0. The molecule has 0 fully saturated rings. The number of nitro groups is 1. The molecule has 0 aliphatic heterocycles. The first kappa shape index (κ1) is 23.0. The molecule has 0 amide bonds. The van der Waals surface area contributed by atoms with Gasteiger partial charge >= 0.3 is 5.69 Å². The molecule has 0 atom stereocenters. The second-order valence-corrected chi connectivity index (χ2v) is 8.08. The summed E-state index contributed by atoms with van der Waals surface area (Å²) in [6.07, 6.45) is 0.226. The molecule has 12 nitrogen and oxygen atoms in total. The van der Waals surface area contributed by atoms with E-state index in [2.05, 4.69) is 9.71 Å². The van der Waals surface area contributed by atoms with Crippen LogP contribution in [0.15, 0.2) is 43.7 Å². The number of aromatic nitrogens is 2. The molecule has 2 aromatic rings. The van der Waals surface area contributed by atoms with Crippen LogP contribution in [0, 0.1) is 10.1 Å². The van der Waals surface area contributed by atoms with Crippen LogP contribution in [0.4, 0.5) is 5.69 Å². The van der Waals surface area contributed by atoms with Gasteiger partial charge in [0.25, 0.3) is 11.2 Å². The molecular formula is C17H21N5O7S. The second-order valence-electron chi connectivity index (χ2n) is 6.35. The lowest BCUT2D eigenvalue weighted by Gasteiger charge is -2.10. The zero-order valence-electron chi connectivity index (χ0n) is 16.5. The van der Waals surface area contributed by atoms with E-state index in [0.29, 0.717) is 0 Å². The second kappa shape index (κ2) is 9.00. The predicted molar refractivity (Wildman–Crippen MR) is 109 cm³/mol. The summed E-state index contributed by atoms with van der Waals surface area (Å²) in [5.74, 6) is -0.513. The van der Waals surface area contributed by atoms with Gasteiger partial charge in [0.05, 0.1) is 4.92 Å². The normalized spacial score (nSPS) is 12.2. The Morgan fingerprint density at radius 1 is 1.23 bits per heavy atom. The van der Waals surface area contributed by atoms with Crippen molar-refractivity contribution in [1.29, 1.82) is 0 Å². The third-order valence-corrected chi connectivity index (χ3v) is 5.83. The van der Waals surface area contributed by atoms with Crippen LogP contribution in [-0.4, -0.2) is 46.4 Å². The minimum Gasteiger partial charge on any atom is -0.494 e. The van der Waals surface area contributed by atoms with Crippen molar-refractivity contribution in [2.75, 3.05) is 13.1 Å². The molecule has 2 N–H and O–H groups in total. The topological polar surface area (TPSA) is 166 Å². The molecule has 0 bridgehead atoms. The summed E-state index contributed by atoms with van der Waals surface area (Å²) >= 11 is 0. The van der Waals surface area contributed by atoms with Crippen molar-refractivity contribution in [2.45, 2.75) is 18.2 Å². The number of benzene rings is 1. The van der Waals surface area contributed by atoms with Crippen LogP contribution in [0.5, 0.6) is 5.88 Å². The van der Waals surface area contributed by atoms with Crippen molar-refractivity contribution in [1.82, 2.24) is 13.9 Å². The monoisotopic (exact) mass is 439 g/mol. The Hall–Kier alpha value is -3.32. The van der Waals surface area contributed by atoms with Crippen molar-refractivity contribution in [3.05, 3.63) is 60.8 Å². The summed E-state index contributed by atoms with van der Waals surface area (Å²) in [7, 11) is -1.50. The first-order valence-electron chi connectivity index (χ1n) is 8.72. The quantitative estimate of drug-likeness (QED) is 0.250. The number of para-hydroxylation sites is 1. The van der Waals surface area contributed by atoms with Crippen LogP contribution < -0.4 is 16.0 Å². The van der Waals surface area contributed by atoms with Crippen molar-refractivity contribution in [3.63, 3.8) is 0 Å². The molecule has 1 heterocycles. The van der Waals surface area contributed by atoms with Crippen molar-refractivity contribution < 1.29 is 18.4 Å². The number of nitrogens with zero attached hydrogens (tertiary/aromatic N) is 4. The SMILES string of the molecule is CC(=NCCCNS(=O)(=O)c1ccccc1[N+](=O)[O-])c1c(O)n(C)c(=O)n(C)c1=O. The van der Waals surface area contributed by atoms with E-state index in [1.54, 1.807) is 0 Å². The fourth-order valence-electron chi connectivity index (χ4n) is 2.67. The molecule has 0 saturated heterocycles. The fourth-order valence-corrected chi connectivity index (χ4v) is 3.92. The summed E-state index contributed by atoms with van der Waals surface area (Å²) < 4.78 is 28.6. The molecule has 0 spiro atoms. The van der Waals surface area contributed by atoms with E-state index in [-0.39, 0.29) is 30.8 Å². The minimum atomic E-state index is -4.09. The Kier molecular flexibility index (Phi) is 6.89. The van der Waals surface area contributed by atoms with E-state index >= 15 is 0 Å². The first-order valence-corrected chi connectivity index (χ1v) is 10.2. The van der Waals surface area contributed by atoms with Crippen molar-refractivity contribution in [3.8, 4) is 5.88 Å². The van der Waals surface area contributed by atoms with Gasteiger partial charge in [0.1, 0.15) is 5.56 Å². The number of rotatable bonds is 8. The lowest BCUT2D eigenvalue weighted by molar-refractivity contribution is -0.387. The number of aromatic hydroxyl groups is 1. The standard InChI is InChI=1S/C17H21N5O7S/c1-11(14-15(23)20(2)17(25)21(3)16(14)24)18-9-6-10-19-30(28,29)13-8-5-4-7-12(13)22(26)27/h4-5,7-8,19,23H,6,9-10H2,1-3H3. The Morgan fingerprint density at radius 2 is 1.87 bits per heavy atom. The van der Waals surface area contributed by atoms with E-state index in [1.165, 1.54) is 33.2 Å². The third kappa shape index (κ3) is 4.63. The molecule has 13 heteroatoms. The van der Waals surface area contributed by atoms with Crippen LogP contribution in [-0.2, 0) is 24.1 Å². The van der Waals surface area contributed by atoms with E-state index in [4.69, 9.17) is 0 Å². The van der Waals surface area contributed by atoms with E-state index < -0.39 is 42.7 Å². The first-order chi connectivity index (χ1) is 14.0. The number of sulfonamides is 1. The van der Waals surface area contributed by atoms with Crippen molar-refractivity contribution >= 4 is 21.4 Å². The smallest absolute Gasteiger partial charge is 0.333 e. The lowest BCUT2D eigenvalue weighted by atomic mass is 10.2. The molecule has 0 saturated carbocycles. The molecule has 0 aliphatic rings. The summed E-state index contributed by atoms with van der Waals surface area (Å²) in [6.45, 7) is 1.54. The molecule has 0 unspecified atom stereocenters. The summed E-state index contributed by atoms with van der Waals surface area (Å²) in [6, 6.07) is 4.99. The van der Waals surface area contributed by atoms with Gasteiger partial charge in [-0.25, -0.2) is 17.9 Å². The Morgan fingerprint density at radius 3 is 2.50 bits per heavy atom. The Labute approximate surface area is 171 Å². The van der Waals surface area contributed by atoms with Crippen LogP contribution in [0.25, 0.3) is 0 Å². The molecule has 1 aromatic heterocycles. The Balaban J connectivity index is 2.09. The van der Waals surface area contributed by atoms with Crippen molar-refractivity contribution in [2.24, 2.45) is 19.1 Å². The summed E-state index contributed by atoms with van der Waals surface area (Å²) in [5.41, 5.74) is -1.85. The maximum Gasteiger partial charge on any atom is 0.333 e. The molecule has 0 aliphatic carbocycles. The van der Waals surface area contributed by atoms with E-state index in [1.807, 2.05) is 0 Å². The zero-order valence-corrected chi connectivity index (χ0v) is 17.3. The highest BCUT2D eigenvalue weighted by molar-refractivity contribution is 7.89. The number of aliphatic imine (C=N–C) groups is 1. The van der Waals surface area contributed by atoms with Crippen LogP contribution in [0.1, 0.15) is 18.9 Å². The molecular weight excluding hydrogens is 418 g/mol. The molecule has 30 heavy (non-hydrogen) atoms. The predicted octanol–water partition coefficient (Wildman–Crippen LogP) is -0.125. The minimum absolute atomic E-state index is 0.0531. The lowest BCUT2D eigenvalue weighted by Crippen LogP contribution is -2.39. The molecule has 1 aromatic carbocycles. The van der Waals surface area contributed by atoms with E-state index in [0.717, 1.165) is 21.3 Å². The zero-order chi connectivity index (χ0) is 22.6. The average Bonchev–Trinajstić information content (AvgIpc) is 2.70. The fraction of sp³-hybridized carbons (Fsp3) is 0.353. The third-order valence-electron chi connectivity index (χ3n) is 4.32. The van der Waals surface area contributed by atoms with E-state index in [9.17, 15) is 33.2 Å². The number of nitro benzene ring substituents is 1. The molecule has 0 radical (unpaired) electrons. The van der Waals surface area contributed by atoms with Gasteiger partial charge in [-0.1, -0.05) is 12.1 Å². The number of hydrogen-bond acceptors (Lipinski definition) is 8. The van der Waals surface area contributed by atoms with Gasteiger partial charge in [-0.3, -0.25) is 29.0 Å². The van der Waals surface area contributed by atoms with Gasteiger partial charge in [0, 0.05) is 39.0 Å². The Bertz CT molecular complexity index is 1230. The van der Waals surface area contributed by atoms with Crippen LogP contribution in [0.3, 0.4) is 0 Å². The van der Waals surface area contributed by atoms with Gasteiger partial charge in [0.2, 0.25) is 15.9 Å². The summed E-state index contributed by atoms with van der Waals surface area (Å²) in [5, 5.41) is 21.1. The molecule has 2 rings (SSSR count). The molecule has 162 valence electrons. The largest absolute Gasteiger partial charge is 0.494 e. The van der Waals surface area contributed by atoms with Gasteiger partial charge in [-0.05, 0) is 19.4 Å². The van der Waals surface area contributed by atoms with Gasteiger partial charge < -0.3 is 5.11 Å². The highest BCUT2D eigenvalue weighted by Gasteiger charge is 2.24. The van der Waals surface area contributed by atoms with Crippen LogP contribution >= 0.6 is 0 Å². The average molecular weight is 439 g/mol. The highest BCUT2D eigenvalue weighted by Crippen LogP contribution is 2.22. The maximum absolute atomic E-state index is 12.3.